The Morgan fingerprint density at radius 1 is 0.946 bits per heavy atom. The number of hydrogen-bond acceptors (Lipinski definition) is 5. The first-order valence-electron chi connectivity index (χ1n) is 12.2. The van der Waals surface area contributed by atoms with Crippen LogP contribution in [-0.2, 0) is 9.53 Å². The van der Waals surface area contributed by atoms with E-state index in [4.69, 9.17) is 14.2 Å². The molecule has 8 heteroatoms. The van der Waals surface area contributed by atoms with Crippen molar-refractivity contribution in [1.29, 1.82) is 0 Å². The fourth-order valence-electron chi connectivity index (χ4n) is 3.75. The van der Waals surface area contributed by atoms with E-state index in [2.05, 4.69) is 10.6 Å². The van der Waals surface area contributed by atoms with E-state index in [0.717, 1.165) is 12.8 Å². The van der Waals surface area contributed by atoms with Gasteiger partial charge in [0.05, 0.1) is 6.10 Å². The van der Waals surface area contributed by atoms with Crippen LogP contribution in [-0.4, -0.2) is 44.3 Å². The number of benzene rings is 3. The molecule has 0 spiro atoms. The summed E-state index contributed by atoms with van der Waals surface area (Å²) in [6.07, 6.45) is 3.45. The molecular weight excluding hydrogens is 475 g/mol. The monoisotopic (exact) mass is 504 g/mol. The van der Waals surface area contributed by atoms with Crippen LogP contribution in [0.5, 0.6) is 11.5 Å². The van der Waals surface area contributed by atoms with Crippen molar-refractivity contribution in [2.75, 3.05) is 26.4 Å². The van der Waals surface area contributed by atoms with Crippen LogP contribution >= 0.6 is 0 Å². The molecule has 1 aliphatic heterocycles. The first-order valence-corrected chi connectivity index (χ1v) is 12.2. The predicted molar refractivity (Wildman–Crippen MR) is 138 cm³/mol. The second-order valence-electron chi connectivity index (χ2n) is 8.42. The van der Waals surface area contributed by atoms with Crippen molar-refractivity contribution in [3.8, 4) is 11.5 Å². The summed E-state index contributed by atoms with van der Waals surface area (Å²) in [5.41, 5.74) is 1.27. The standard InChI is InChI=1S/C29H29FN2O5/c30-25-10-4-5-11-27(25)37-18-17-36-23-14-12-21(13-15-23)19-26(29(34)31-20-24-9-6-16-35-24)32-28(33)22-7-2-1-3-8-22/h1-5,7-8,10-15,19,24H,6,9,16-18,20H2,(H,31,34)(H,32,33)/b26-19-. The normalized spacial score (nSPS) is 15.2. The SMILES string of the molecule is O=C(NCC1CCCO1)/C(=C/c1ccc(OCCOc2ccccc2F)cc1)NC(=O)c1ccccc1. The lowest BCUT2D eigenvalue weighted by atomic mass is 10.1. The summed E-state index contributed by atoms with van der Waals surface area (Å²) < 4.78 is 30.2. The highest BCUT2D eigenvalue weighted by molar-refractivity contribution is 6.05. The minimum Gasteiger partial charge on any atom is -0.490 e. The van der Waals surface area contributed by atoms with Gasteiger partial charge < -0.3 is 24.8 Å². The lowest BCUT2D eigenvalue weighted by molar-refractivity contribution is -0.118. The Morgan fingerprint density at radius 2 is 1.68 bits per heavy atom. The molecule has 1 saturated heterocycles. The molecule has 192 valence electrons. The summed E-state index contributed by atoms with van der Waals surface area (Å²) in [5, 5.41) is 5.58. The molecule has 2 amide bonds. The lowest BCUT2D eigenvalue weighted by Gasteiger charge is -2.14. The summed E-state index contributed by atoms with van der Waals surface area (Å²) in [6.45, 7) is 1.48. The van der Waals surface area contributed by atoms with Crippen molar-refractivity contribution < 1.29 is 28.2 Å². The van der Waals surface area contributed by atoms with E-state index in [1.807, 2.05) is 6.07 Å². The van der Waals surface area contributed by atoms with Crippen LogP contribution in [0.4, 0.5) is 4.39 Å². The van der Waals surface area contributed by atoms with Gasteiger partial charge in [-0.3, -0.25) is 9.59 Å². The van der Waals surface area contributed by atoms with Crippen LogP contribution in [0, 0.1) is 5.82 Å². The van der Waals surface area contributed by atoms with Gasteiger partial charge in [0.1, 0.15) is 24.7 Å². The molecule has 2 N–H and O–H groups in total. The van der Waals surface area contributed by atoms with Gasteiger partial charge in [0.15, 0.2) is 11.6 Å². The Kier molecular flexibility index (Phi) is 9.26. The molecule has 1 atom stereocenters. The first kappa shape index (κ1) is 25.9. The fraction of sp³-hybridized carbons (Fsp3) is 0.241. The number of hydrogen-bond donors (Lipinski definition) is 2. The maximum absolute atomic E-state index is 13.6. The van der Waals surface area contributed by atoms with E-state index >= 15 is 0 Å². The Balaban J connectivity index is 1.37. The van der Waals surface area contributed by atoms with E-state index in [1.54, 1.807) is 72.8 Å². The lowest BCUT2D eigenvalue weighted by Crippen LogP contribution is -2.38. The average Bonchev–Trinajstić information content (AvgIpc) is 3.45. The van der Waals surface area contributed by atoms with Crippen LogP contribution in [0.15, 0.2) is 84.6 Å². The maximum atomic E-state index is 13.6. The number of rotatable bonds is 11. The van der Waals surface area contributed by atoms with Crippen molar-refractivity contribution in [2.45, 2.75) is 18.9 Å². The zero-order valence-electron chi connectivity index (χ0n) is 20.3. The number of amides is 2. The van der Waals surface area contributed by atoms with Crippen molar-refractivity contribution in [2.24, 2.45) is 0 Å². The van der Waals surface area contributed by atoms with Gasteiger partial charge in [-0.2, -0.15) is 0 Å². The molecule has 1 heterocycles. The van der Waals surface area contributed by atoms with Crippen LogP contribution in [0.25, 0.3) is 6.08 Å². The number of nitrogens with one attached hydrogen (secondary N) is 2. The molecule has 0 radical (unpaired) electrons. The number of halogens is 1. The number of para-hydroxylation sites is 1. The van der Waals surface area contributed by atoms with Gasteiger partial charge in [-0.15, -0.1) is 0 Å². The molecule has 0 bridgehead atoms. The molecule has 0 aromatic heterocycles. The third-order valence-electron chi connectivity index (χ3n) is 5.68. The molecule has 3 aromatic carbocycles. The summed E-state index contributed by atoms with van der Waals surface area (Å²) >= 11 is 0. The van der Waals surface area contributed by atoms with Crippen LogP contribution in [0.1, 0.15) is 28.8 Å². The van der Waals surface area contributed by atoms with Gasteiger partial charge in [-0.25, -0.2) is 4.39 Å². The molecule has 0 saturated carbocycles. The smallest absolute Gasteiger partial charge is 0.267 e. The van der Waals surface area contributed by atoms with Crippen LogP contribution < -0.4 is 20.1 Å². The molecule has 37 heavy (non-hydrogen) atoms. The minimum absolute atomic E-state index is 0.0196. The van der Waals surface area contributed by atoms with E-state index in [9.17, 15) is 14.0 Å². The second kappa shape index (κ2) is 13.2. The van der Waals surface area contributed by atoms with Gasteiger partial charge in [0.2, 0.25) is 0 Å². The van der Waals surface area contributed by atoms with Crippen molar-refractivity contribution in [3.05, 3.63) is 102 Å². The van der Waals surface area contributed by atoms with Gasteiger partial charge in [-0.05, 0) is 60.9 Å². The summed E-state index contributed by atoms with van der Waals surface area (Å²) in [6, 6.07) is 21.9. The third kappa shape index (κ3) is 7.91. The highest BCUT2D eigenvalue weighted by Gasteiger charge is 2.19. The third-order valence-corrected chi connectivity index (χ3v) is 5.68. The summed E-state index contributed by atoms with van der Waals surface area (Å²) in [4.78, 5) is 25.7. The maximum Gasteiger partial charge on any atom is 0.267 e. The van der Waals surface area contributed by atoms with Crippen LogP contribution in [0.2, 0.25) is 0 Å². The topological polar surface area (TPSA) is 85.9 Å². The zero-order chi connectivity index (χ0) is 25.9. The molecule has 7 nitrogen and oxygen atoms in total. The predicted octanol–water partition coefficient (Wildman–Crippen LogP) is 4.35. The molecule has 4 rings (SSSR count). The van der Waals surface area contributed by atoms with Crippen LogP contribution in [0.3, 0.4) is 0 Å². The minimum atomic E-state index is -0.423. The van der Waals surface area contributed by atoms with Gasteiger partial charge in [-0.1, -0.05) is 42.5 Å². The second-order valence-corrected chi connectivity index (χ2v) is 8.42. The fourth-order valence-corrected chi connectivity index (χ4v) is 3.75. The van der Waals surface area contributed by atoms with Gasteiger partial charge in [0, 0.05) is 18.7 Å². The largest absolute Gasteiger partial charge is 0.490 e. The van der Waals surface area contributed by atoms with Gasteiger partial charge in [0.25, 0.3) is 11.8 Å². The molecular formula is C29H29FN2O5. The molecule has 1 aliphatic rings. The summed E-state index contributed by atoms with van der Waals surface area (Å²) in [5.74, 6) is -0.436. The van der Waals surface area contributed by atoms with E-state index in [1.165, 1.54) is 6.07 Å². The Bertz CT molecular complexity index is 1210. The number of carbonyl (C=O) groups excluding carboxylic acids is 2. The van der Waals surface area contributed by atoms with Crippen molar-refractivity contribution in [3.63, 3.8) is 0 Å². The molecule has 3 aromatic rings. The highest BCUT2D eigenvalue weighted by atomic mass is 19.1. The number of carbonyl (C=O) groups is 2. The van der Waals surface area contributed by atoms with E-state index in [-0.39, 0.29) is 36.7 Å². The summed E-state index contributed by atoms with van der Waals surface area (Å²) in [7, 11) is 0. The molecule has 1 unspecified atom stereocenters. The zero-order valence-corrected chi connectivity index (χ0v) is 20.3. The Labute approximate surface area is 215 Å². The Hall–Kier alpha value is -4.17. The van der Waals surface area contributed by atoms with E-state index in [0.29, 0.717) is 30.0 Å². The molecule has 0 aliphatic carbocycles. The quantitative estimate of drug-likeness (QED) is 0.300. The van der Waals surface area contributed by atoms with Crippen molar-refractivity contribution in [1.82, 2.24) is 10.6 Å². The van der Waals surface area contributed by atoms with E-state index < -0.39 is 11.7 Å². The number of ether oxygens (including phenoxy) is 3. The van der Waals surface area contributed by atoms with Gasteiger partial charge >= 0.3 is 0 Å². The Morgan fingerprint density at radius 3 is 2.41 bits per heavy atom. The molecule has 1 fully saturated rings. The van der Waals surface area contributed by atoms with Crippen molar-refractivity contribution >= 4 is 17.9 Å². The average molecular weight is 505 g/mol. The first-order chi connectivity index (χ1) is 18.1. The highest BCUT2D eigenvalue weighted by Crippen LogP contribution is 2.17.